The van der Waals surface area contributed by atoms with Crippen molar-refractivity contribution in [2.75, 3.05) is 11.1 Å². The largest absolute Gasteiger partial charge is 0.486 e. The molecule has 0 radical (unpaired) electrons. The lowest BCUT2D eigenvalue weighted by atomic mass is 10.1. The van der Waals surface area contributed by atoms with Gasteiger partial charge >= 0.3 is 0 Å². The van der Waals surface area contributed by atoms with Crippen LogP contribution in [0.1, 0.15) is 17.0 Å². The molecule has 0 saturated carbocycles. The van der Waals surface area contributed by atoms with Crippen LogP contribution in [0, 0.1) is 13.8 Å². The smallest absolute Gasteiger partial charge is 0.234 e. The summed E-state index contributed by atoms with van der Waals surface area (Å²) in [6, 6.07) is 13.5. The Balaban J connectivity index is 1.55. The molecule has 0 aliphatic heterocycles. The molecule has 0 unspecified atom stereocenters. The molecule has 8 heteroatoms. The van der Waals surface area contributed by atoms with E-state index in [9.17, 15) is 4.79 Å². The Hall–Kier alpha value is -2.32. The number of carbonyl (C=O) groups excluding carboxylic acids is 1. The normalized spacial score (nSPS) is 10.7. The number of carbonyl (C=O) groups is 1. The van der Waals surface area contributed by atoms with Gasteiger partial charge in [-0.3, -0.25) is 4.79 Å². The molecule has 3 aromatic rings. The van der Waals surface area contributed by atoms with Gasteiger partial charge in [-0.1, -0.05) is 30.0 Å². The minimum absolute atomic E-state index is 0.0981. The van der Waals surface area contributed by atoms with E-state index in [4.69, 9.17) is 4.74 Å². The van der Waals surface area contributed by atoms with Crippen LogP contribution in [0.2, 0.25) is 0 Å². The molecule has 1 N–H and O–H groups in total. The zero-order valence-corrected chi connectivity index (χ0v) is 18.3. The maximum Gasteiger partial charge on any atom is 0.234 e. The topological polar surface area (TPSA) is 69.0 Å². The second kappa shape index (κ2) is 9.25. The summed E-state index contributed by atoms with van der Waals surface area (Å²) >= 11 is 4.83. The molecule has 6 nitrogen and oxygen atoms in total. The molecule has 28 heavy (non-hydrogen) atoms. The summed E-state index contributed by atoms with van der Waals surface area (Å²) in [6.45, 7) is 4.37. The van der Waals surface area contributed by atoms with Crippen LogP contribution in [-0.2, 0) is 18.4 Å². The molecule has 0 aliphatic rings. The first-order valence-corrected chi connectivity index (χ1v) is 10.5. The summed E-state index contributed by atoms with van der Waals surface area (Å²) in [4.78, 5) is 12.3. The Labute approximate surface area is 176 Å². The Morgan fingerprint density at radius 2 is 1.89 bits per heavy atom. The summed E-state index contributed by atoms with van der Waals surface area (Å²) in [7, 11) is 1.86. The molecular weight excluding hydrogens is 440 g/mol. The summed E-state index contributed by atoms with van der Waals surface area (Å²) in [5, 5.41) is 11.9. The van der Waals surface area contributed by atoms with Crippen LogP contribution in [0.3, 0.4) is 0 Å². The van der Waals surface area contributed by atoms with Crippen LogP contribution in [0.4, 0.5) is 5.69 Å². The number of aryl methyl sites for hydroxylation is 2. The number of hydrogen-bond acceptors (Lipinski definition) is 5. The first-order valence-electron chi connectivity index (χ1n) is 8.69. The van der Waals surface area contributed by atoms with Crippen molar-refractivity contribution in [2.24, 2.45) is 7.05 Å². The number of rotatable bonds is 7. The van der Waals surface area contributed by atoms with Gasteiger partial charge in [0.1, 0.15) is 12.4 Å². The highest BCUT2D eigenvalue weighted by Crippen LogP contribution is 2.26. The van der Waals surface area contributed by atoms with E-state index in [2.05, 4.69) is 31.4 Å². The van der Waals surface area contributed by atoms with Crippen LogP contribution in [0.15, 0.2) is 52.1 Å². The zero-order chi connectivity index (χ0) is 20.1. The van der Waals surface area contributed by atoms with Crippen molar-refractivity contribution in [2.45, 2.75) is 25.6 Å². The Bertz CT molecular complexity index is 976. The SMILES string of the molecule is Cc1cc(Br)c(NC(=O)CSc2nnc(COc3ccccc3)n2C)cc1C. The monoisotopic (exact) mass is 460 g/mol. The van der Waals surface area contributed by atoms with E-state index in [1.165, 1.54) is 17.3 Å². The van der Waals surface area contributed by atoms with Crippen LogP contribution >= 0.6 is 27.7 Å². The average Bonchev–Trinajstić information content (AvgIpc) is 3.03. The van der Waals surface area contributed by atoms with Gasteiger partial charge in [0.05, 0.1) is 11.4 Å². The van der Waals surface area contributed by atoms with E-state index >= 15 is 0 Å². The van der Waals surface area contributed by atoms with Gasteiger partial charge in [0, 0.05) is 11.5 Å². The molecule has 1 heterocycles. The predicted molar refractivity (Wildman–Crippen MR) is 115 cm³/mol. The Kier molecular flexibility index (Phi) is 6.74. The summed E-state index contributed by atoms with van der Waals surface area (Å²) < 4.78 is 8.42. The van der Waals surface area contributed by atoms with E-state index in [1.54, 1.807) is 0 Å². The van der Waals surface area contributed by atoms with Crippen LogP contribution in [0.5, 0.6) is 5.75 Å². The molecule has 0 saturated heterocycles. The molecule has 0 aliphatic carbocycles. The lowest BCUT2D eigenvalue weighted by molar-refractivity contribution is -0.113. The van der Waals surface area contributed by atoms with Crippen molar-refractivity contribution >= 4 is 39.3 Å². The maximum atomic E-state index is 12.3. The van der Waals surface area contributed by atoms with Gasteiger partial charge in [-0.25, -0.2) is 0 Å². The van der Waals surface area contributed by atoms with Crippen molar-refractivity contribution in [1.29, 1.82) is 0 Å². The molecule has 1 amide bonds. The number of nitrogens with one attached hydrogen (secondary N) is 1. The van der Waals surface area contributed by atoms with E-state index < -0.39 is 0 Å². The lowest BCUT2D eigenvalue weighted by Crippen LogP contribution is -2.15. The van der Waals surface area contributed by atoms with E-state index in [0.717, 1.165) is 21.5 Å². The highest BCUT2D eigenvalue weighted by atomic mass is 79.9. The standard InChI is InChI=1S/C20H21BrN4O2S/c1-13-9-16(21)17(10-14(13)2)22-19(26)12-28-20-24-23-18(25(20)3)11-27-15-7-5-4-6-8-15/h4-10H,11-12H2,1-3H3,(H,22,26). The number of amides is 1. The van der Waals surface area contributed by atoms with Gasteiger partial charge in [0.2, 0.25) is 5.91 Å². The van der Waals surface area contributed by atoms with Crippen molar-refractivity contribution in [3.63, 3.8) is 0 Å². The molecule has 2 aromatic carbocycles. The Morgan fingerprint density at radius 3 is 2.64 bits per heavy atom. The number of thioether (sulfide) groups is 1. The predicted octanol–water partition coefficient (Wildman–Crippen LogP) is 4.50. The third kappa shape index (κ3) is 5.14. The number of benzene rings is 2. The second-order valence-electron chi connectivity index (χ2n) is 6.31. The number of halogens is 1. The molecule has 3 rings (SSSR count). The number of ether oxygens (including phenoxy) is 1. The van der Waals surface area contributed by atoms with Crippen molar-refractivity contribution < 1.29 is 9.53 Å². The van der Waals surface area contributed by atoms with Crippen molar-refractivity contribution in [1.82, 2.24) is 14.8 Å². The van der Waals surface area contributed by atoms with Gasteiger partial charge in [-0.05, 0) is 65.2 Å². The molecule has 0 bridgehead atoms. The van der Waals surface area contributed by atoms with Gasteiger partial charge in [0.25, 0.3) is 0 Å². The van der Waals surface area contributed by atoms with Gasteiger partial charge < -0.3 is 14.6 Å². The number of hydrogen-bond donors (Lipinski definition) is 1. The fourth-order valence-electron chi connectivity index (χ4n) is 2.45. The highest BCUT2D eigenvalue weighted by Gasteiger charge is 2.13. The van der Waals surface area contributed by atoms with Crippen LogP contribution in [0.25, 0.3) is 0 Å². The van der Waals surface area contributed by atoms with Gasteiger partial charge in [-0.2, -0.15) is 0 Å². The first-order chi connectivity index (χ1) is 13.4. The minimum atomic E-state index is -0.0981. The highest BCUT2D eigenvalue weighted by molar-refractivity contribution is 9.10. The molecule has 0 spiro atoms. The third-order valence-corrected chi connectivity index (χ3v) is 5.90. The van der Waals surface area contributed by atoms with Gasteiger partial charge in [-0.15, -0.1) is 10.2 Å². The number of nitrogens with zero attached hydrogens (tertiary/aromatic N) is 3. The van der Waals surface area contributed by atoms with Gasteiger partial charge in [0.15, 0.2) is 11.0 Å². The minimum Gasteiger partial charge on any atom is -0.486 e. The first kappa shape index (κ1) is 20.4. The maximum absolute atomic E-state index is 12.3. The molecule has 1 aromatic heterocycles. The molecule has 0 atom stereocenters. The van der Waals surface area contributed by atoms with E-state index in [1.807, 2.05) is 67.9 Å². The van der Waals surface area contributed by atoms with Crippen LogP contribution < -0.4 is 10.1 Å². The fourth-order valence-corrected chi connectivity index (χ4v) is 3.74. The lowest BCUT2D eigenvalue weighted by Gasteiger charge is -2.10. The average molecular weight is 461 g/mol. The third-order valence-electron chi connectivity index (χ3n) is 4.23. The summed E-state index contributed by atoms with van der Waals surface area (Å²) in [5.74, 6) is 1.62. The molecule has 146 valence electrons. The van der Waals surface area contributed by atoms with E-state index in [-0.39, 0.29) is 11.7 Å². The summed E-state index contributed by atoms with van der Waals surface area (Å²) in [5.41, 5.74) is 3.06. The van der Waals surface area contributed by atoms with Crippen molar-refractivity contribution in [3.05, 3.63) is 63.9 Å². The van der Waals surface area contributed by atoms with Crippen molar-refractivity contribution in [3.8, 4) is 5.75 Å². The number of anilines is 1. The number of aromatic nitrogens is 3. The quantitative estimate of drug-likeness (QED) is 0.525. The summed E-state index contributed by atoms with van der Waals surface area (Å²) in [6.07, 6.45) is 0. The number of para-hydroxylation sites is 1. The van der Waals surface area contributed by atoms with Crippen LogP contribution in [-0.4, -0.2) is 26.4 Å². The fraction of sp³-hybridized carbons (Fsp3) is 0.250. The zero-order valence-electron chi connectivity index (χ0n) is 15.9. The van der Waals surface area contributed by atoms with E-state index in [0.29, 0.717) is 17.6 Å². The second-order valence-corrected chi connectivity index (χ2v) is 8.11. The molecular formula is C20H21BrN4O2S. The molecule has 0 fully saturated rings. The Morgan fingerprint density at radius 1 is 1.18 bits per heavy atom.